The molecule has 4 nitrogen and oxygen atoms in total. The average Bonchev–Trinajstić information content (AvgIpc) is 2.11. The van der Waals surface area contributed by atoms with Crippen molar-refractivity contribution >= 4 is 23.1 Å². The largest absolute Gasteiger partial charge is 0.394 e. The fourth-order valence-corrected chi connectivity index (χ4v) is 1.87. The number of hydrogen-bond acceptors (Lipinski definition) is 4. The molecule has 1 heterocycles. The zero-order valence-electron chi connectivity index (χ0n) is 10.2. The number of aromatic nitrogens is 2. The summed E-state index contributed by atoms with van der Waals surface area (Å²) in [6.45, 7) is 8.28. The van der Waals surface area contributed by atoms with Crippen molar-refractivity contribution in [3.05, 3.63) is 11.0 Å². The van der Waals surface area contributed by atoms with Gasteiger partial charge in [-0.05, 0) is 37.8 Å². The number of rotatable bonds is 4. The van der Waals surface area contributed by atoms with Crippen LogP contribution >= 0.6 is 11.6 Å². The van der Waals surface area contributed by atoms with E-state index in [0.717, 1.165) is 6.42 Å². The maximum Gasteiger partial charge on any atom is 0.224 e. The van der Waals surface area contributed by atoms with Gasteiger partial charge in [0, 0.05) is 6.04 Å². The Kier molecular flexibility index (Phi) is 4.35. The van der Waals surface area contributed by atoms with Gasteiger partial charge in [0.2, 0.25) is 5.28 Å². The smallest absolute Gasteiger partial charge is 0.224 e. The highest BCUT2D eigenvalue weighted by Gasteiger charge is 2.11. The zero-order valence-corrected chi connectivity index (χ0v) is 11.0. The molecule has 3 N–H and O–H groups in total. The molecule has 0 radical (unpaired) electrons. The van der Waals surface area contributed by atoms with Crippen LogP contribution in [0.15, 0.2) is 0 Å². The van der Waals surface area contributed by atoms with Crippen LogP contribution in [0.4, 0.5) is 11.5 Å². The van der Waals surface area contributed by atoms with Crippen molar-refractivity contribution < 1.29 is 0 Å². The predicted octanol–water partition coefficient (Wildman–Crippen LogP) is 2.87. The molecular formula is C11H19ClN4. The summed E-state index contributed by atoms with van der Waals surface area (Å²) in [7, 11) is 0. The molecule has 90 valence electrons. The van der Waals surface area contributed by atoms with Crippen molar-refractivity contribution in [1.82, 2.24) is 9.97 Å². The second-order valence-electron chi connectivity index (χ2n) is 4.52. The number of nitrogen functional groups attached to an aromatic ring is 1. The number of nitrogens with one attached hydrogen (secondary N) is 1. The van der Waals surface area contributed by atoms with Crippen LogP contribution in [0.3, 0.4) is 0 Å². The Bertz CT molecular complexity index is 365. The molecule has 1 atom stereocenters. The minimum Gasteiger partial charge on any atom is -0.394 e. The Morgan fingerprint density at radius 1 is 1.31 bits per heavy atom. The van der Waals surface area contributed by atoms with Gasteiger partial charge in [-0.2, -0.15) is 4.98 Å². The van der Waals surface area contributed by atoms with Crippen LogP contribution in [-0.2, 0) is 0 Å². The SMILES string of the molecule is Cc1nc(Cl)nc(NC(C)CC(C)C)c1N. The third-order valence-corrected chi connectivity index (χ3v) is 2.49. The maximum absolute atomic E-state index is 5.88. The predicted molar refractivity (Wildman–Crippen MR) is 68.7 cm³/mol. The average molecular weight is 243 g/mol. The third kappa shape index (κ3) is 3.52. The molecule has 0 aliphatic rings. The molecule has 0 saturated heterocycles. The molecule has 0 aromatic carbocycles. The first kappa shape index (κ1) is 13.0. The van der Waals surface area contributed by atoms with Gasteiger partial charge in [0.1, 0.15) is 0 Å². The Morgan fingerprint density at radius 2 is 1.94 bits per heavy atom. The lowest BCUT2D eigenvalue weighted by Gasteiger charge is -2.18. The van der Waals surface area contributed by atoms with Crippen molar-refractivity contribution in [3.63, 3.8) is 0 Å². The summed E-state index contributed by atoms with van der Waals surface area (Å²) in [5, 5.41) is 3.49. The Morgan fingerprint density at radius 3 is 2.50 bits per heavy atom. The molecule has 0 saturated carbocycles. The van der Waals surface area contributed by atoms with E-state index < -0.39 is 0 Å². The minimum absolute atomic E-state index is 0.228. The lowest BCUT2D eigenvalue weighted by Crippen LogP contribution is -2.19. The lowest BCUT2D eigenvalue weighted by atomic mass is 10.1. The monoisotopic (exact) mass is 242 g/mol. The summed E-state index contributed by atoms with van der Waals surface area (Å²) in [5.74, 6) is 1.26. The van der Waals surface area contributed by atoms with E-state index in [0.29, 0.717) is 29.2 Å². The Labute approximate surface area is 102 Å². The van der Waals surface area contributed by atoms with Crippen molar-refractivity contribution in [3.8, 4) is 0 Å². The van der Waals surface area contributed by atoms with E-state index in [-0.39, 0.29) is 5.28 Å². The minimum atomic E-state index is 0.228. The summed E-state index contributed by atoms with van der Waals surface area (Å²) in [6.07, 6.45) is 1.06. The molecule has 1 aromatic rings. The van der Waals surface area contributed by atoms with Crippen LogP contribution in [0.5, 0.6) is 0 Å². The molecular weight excluding hydrogens is 224 g/mol. The van der Waals surface area contributed by atoms with Crippen LogP contribution in [0.1, 0.15) is 32.9 Å². The molecule has 0 spiro atoms. The van der Waals surface area contributed by atoms with Gasteiger partial charge in [-0.1, -0.05) is 13.8 Å². The zero-order chi connectivity index (χ0) is 12.3. The van der Waals surface area contributed by atoms with Crippen molar-refractivity contribution in [1.29, 1.82) is 0 Å². The highest BCUT2D eigenvalue weighted by atomic mass is 35.5. The second kappa shape index (κ2) is 5.34. The van der Waals surface area contributed by atoms with Gasteiger partial charge >= 0.3 is 0 Å². The van der Waals surface area contributed by atoms with Gasteiger partial charge in [-0.3, -0.25) is 0 Å². The first-order valence-electron chi connectivity index (χ1n) is 5.46. The first-order valence-corrected chi connectivity index (χ1v) is 5.84. The highest BCUT2D eigenvalue weighted by molar-refractivity contribution is 6.28. The van der Waals surface area contributed by atoms with E-state index in [9.17, 15) is 0 Å². The van der Waals surface area contributed by atoms with E-state index in [4.69, 9.17) is 17.3 Å². The lowest BCUT2D eigenvalue weighted by molar-refractivity contribution is 0.539. The molecule has 1 unspecified atom stereocenters. The normalized spacial score (nSPS) is 12.9. The molecule has 0 aliphatic heterocycles. The summed E-state index contributed by atoms with van der Waals surface area (Å²) in [4.78, 5) is 8.09. The van der Waals surface area contributed by atoms with E-state index >= 15 is 0 Å². The van der Waals surface area contributed by atoms with Crippen LogP contribution in [0.25, 0.3) is 0 Å². The van der Waals surface area contributed by atoms with Gasteiger partial charge in [0.05, 0.1) is 11.4 Å². The molecule has 1 rings (SSSR count). The summed E-state index contributed by atoms with van der Waals surface area (Å²) in [5.41, 5.74) is 7.16. The number of halogens is 1. The summed E-state index contributed by atoms with van der Waals surface area (Å²) < 4.78 is 0. The Hall–Kier alpha value is -1.03. The first-order chi connectivity index (χ1) is 7.40. The fourth-order valence-electron chi connectivity index (χ4n) is 1.66. The van der Waals surface area contributed by atoms with Gasteiger partial charge in [0.15, 0.2) is 5.82 Å². The van der Waals surface area contributed by atoms with Crippen molar-refractivity contribution in [2.75, 3.05) is 11.1 Å². The third-order valence-electron chi connectivity index (χ3n) is 2.32. The number of nitrogens with two attached hydrogens (primary N) is 1. The molecule has 16 heavy (non-hydrogen) atoms. The van der Waals surface area contributed by atoms with Gasteiger partial charge < -0.3 is 11.1 Å². The topological polar surface area (TPSA) is 63.8 Å². The van der Waals surface area contributed by atoms with Crippen LogP contribution < -0.4 is 11.1 Å². The van der Waals surface area contributed by atoms with Crippen LogP contribution in [0.2, 0.25) is 5.28 Å². The molecule has 0 aliphatic carbocycles. The summed E-state index contributed by atoms with van der Waals surface area (Å²) >= 11 is 5.79. The standard InChI is InChI=1S/C11H19ClN4/c1-6(2)5-7(3)14-10-9(13)8(4)15-11(12)16-10/h6-7H,5,13H2,1-4H3,(H,14,15,16). The quantitative estimate of drug-likeness (QED) is 0.797. The second-order valence-corrected chi connectivity index (χ2v) is 4.85. The highest BCUT2D eigenvalue weighted by Crippen LogP contribution is 2.22. The number of aryl methyl sites for hydroxylation is 1. The van der Waals surface area contributed by atoms with E-state index in [1.807, 2.05) is 6.92 Å². The van der Waals surface area contributed by atoms with E-state index in [1.54, 1.807) is 0 Å². The molecule has 1 aromatic heterocycles. The van der Waals surface area contributed by atoms with Crippen molar-refractivity contribution in [2.45, 2.75) is 40.2 Å². The number of hydrogen-bond donors (Lipinski definition) is 2. The van der Waals surface area contributed by atoms with Crippen LogP contribution in [0, 0.1) is 12.8 Å². The maximum atomic E-state index is 5.88. The number of nitrogens with zero attached hydrogens (tertiary/aromatic N) is 2. The number of anilines is 2. The molecule has 5 heteroatoms. The van der Waals surface area contributed by atoms with Crippen LogP contribution in [-0.4, -0.2) is 16.0 Å². The molecule has 0 bridgehead atoms. The van der Waals surface area contributed by atoms with Gasteiger partial charge in [-0.15, -0.1) is 0 Å². The summed E-state index contributed by atoms with van der Waals surface area (Å²) in [6, 6.07) is 0.313. The fraction of sp³-hybridized carbons (Fsp3) is 0.636. The molecule has 0 fully saturated rings. The van der Waals surface area contributed by atoms with Gasteiger partial charge in [0.25, 0.3) is 0 Å². The molecule has 0 amide bonds. The Balaban J connectivity index is 2.80. The van der Waals surface area contributed by atoms with E-state index in [2.05, 4.69) is 36.1 Å². The van der Waals surface area contributed by atoms with E-state index in [1.165, 1.54) is 0 Å². The van der Waals surface area contributed by atoms with Gasteiger partial charge in [-0.25, -0.2) is 4.98 Å². The van der Waals surface area contributed by atoms with Crippen molar-refractivity contribution in [2.24, 2.45) is 5.92 Å².